The molecule has 0 aromatic heterocycles. The Morgan fingerprint density at radius 2 is 1.31 bits per heavy atom. The van der Waals surface area contributed by atoms with Gasteiger partial charge in [0.15, 0.2) is 0 Å². The highest BCUT2D eigenvalue weighted by Crippen LogP contribution is 2.51. The Morgan fingerprint density at radius 3 is 1.62 bits per heavy atom. The lowest BCUT2D eigenvalue weighted by molar-refractivity contribution is -0.241. The van der Waals surface area contributed by atoms with Crippen LogP contribution in [0.25, 0.3) is 0 Å². The Balaban J connectivity index is 2.68. The third-order valence-corrected chi connectivity index (χ3v) is 2.77. The largest absolute Gasteiger partial charge is 0.394 e. The van der Waals surface area contributed by atoms with Crippen LogP contribution in [0.5, 0.6) is 0 Å². The number of hydrogen-bond donors (Lipinski definition) is 0. The van der Waals surface area contributed by atoms with Gasteiger partial charge in [-0.1, -0.05) is 6.92 Å². The summed E-state index contributed by atoms with van der Waals surface area (Å²) < 4.78 is 62.1. The fraction of sp³-hybridized carbons (Fsp3) is 1.00. The molecule has 1 fully saturated rings. The minimum Gasteiger partial charge on any atom is -0.207 e. The first kappa shape index (κ1) is 10.7. The van der Waals surface area contributed by atoms with Crippen molar-refractivity contribution in [1.82, 2.24) is 0 Å². The molecule has 1 rings (SSSR count). The highest BCUT2D eigenvalue weighted by Gasteiger charge is 2.55. The van der Waals surface area contributed by atoms with Gasteiger partial charge >= 0.3 is 6.18 Å². The zero-order valence-electron chi connectivity index (χ0n) is 7.22. The SMILES string of the molecule is CC1(C(F)(F)F)CCC(F)(F)CC1. The fourth-order valence-electron chi connectivity index (χ4n) is 1.45. The molecule has 1 saturated carbocycles. The lowest BCUT2D eigenvalue weighted by Crippen LogP contribution is -2.41. The van der Waals surface area contributed by atoms with Crippen LogP contribution in [0.1, 0.15) is 32.6 Å². The average molecular weight is 202 g/mol. The van der Waals surface area contributed by atoms with Crippen molar-refractivity contribution in [3.05, 3.63) is 0 Å². The molecule has 0 radical (unpaired) electrons. The van der Waals surface area contributed by atoms with Crippen molar-refractivity contribution >= 4 is 0 Å². The molecule has 0 aromatic rings. The molecule has 0 amide bonds. The number of alkyl halides is 5. The van der Waals surface area contributed by atoms with Gasteiger partial charge in [-0.05, 0) is 12.8 Å². The lowest BCUT2D eigenvalue weighted by Gasteiger charge is -2.38. The second-order valence-electron chi connectivity index (χ2n) is 3.91. The van der Waals surface area contributed by atoms with E-state index in [1.54, 1.807) is 0 Å². The molecule has 0 aromatic carbocycles. The van der Waals surface area contributed by atoms with Crippen molar-refractivity contribution in [3.8, 4) is 0 Å². The van der Waals surface area contributed by atoms with Crippen molar-refractivity contribution in [2.45, 2.75) is 44.7 Å². The maximum absolute atomic E-state index is 12.6. The van der Waals surface area contributed by atoms with Crippen LogP contribution in [0.2, 0.25) is 0 Å². The van der Waals surface area contributed by atoms with E-state index in [0.717, 1.165) is 6.92 Å². The van der Waals surface area contributed by atoms with Gasteiger partial charge < -0.3 is 0 Å². The second kappa shape index (κ2) is 2.82. The van der Waals surface area contributed by atoms with Gasteiger partial charge in [0, 0.05) is 12.8 Å². The van der Waals surface area contributed by atoms with Gasteiger partial charge in [-0.15, -0.1) is 0 Å². The van der Waals surface area contributed by atoms with Gasteiger partial charge in [0.2, 0.25) is 5.92 Å². The molecule has 78 valence electrons. The monoisotopic (exact) mass is 202 g/mol. The van der Waals surface area contributed by atoms with E-state index in [1.807, 2.05) is 0 Å². The molecule has 5 heteroatoms. The Kier molecular flexibility index (Phi) is 2.33. The summed E-state index contributed by atoms with van der Waals surface area (Å²) in [7, 11) is 0. The molecule has 1 aliphatic carbocycles. The zero-order valence-corrected chi connectivity index (χ0v) is 7.22. The molecule has 0 bridgehead atoms. The van der Waals surface area contributed by atoms with E-state index in [1.165, 1.54) is 0 Å². The summed E-state index contributed by atoms with van der Waals surface area (Å²) in [4.78, 5) is 0. The minimum absolute atomic E-state index is 0.469. The van der Waals surface area contributed by atoms with Gasteiger partial charge in [0.1, 0.15) is 0 Å². The van der Waals surface area contributed by atoms with Crippen LogP contribution in [0, 0.1) is 5.41 Å². The second-order valence-corrected chi connectivity index (χ2v) is 3.91. The molecule has 1 aliphatic rings. The van der Waals surface area contributed by atoms with Gasteiger partial charge in [-0.2, -0.15) is 13.2 Å². The van der Waals surface area contributed by atoms with E-state index in [2.05, 4.69) is 0 Å². The Hall–Kier alpha value is -0.350. The molecule has 0 nitrogen and oxygen atoms in total. The highest BCUT2D eigenvalue weighted by atomic mass is 19.4. The van der Waals surface area contributed by atoms with Crippen molar-refractivity contribution in [2.75, 3.05) is 0 Å². The maximum atomic E-state index is 12.6. The number of halogens is 5. The third-order valence-electron chi connectivity index (χ3n) is 2.77. The van der Waals surface area contributed by atoms with E-state index in [-0.39, 0.29) is 0 Å². The summed E-state index contributed by atoms with van der Waals surface area (Å²) in [5, 5.41) is 0. The summed E-state index contributed by atoms with van der Waals surface area (Å²) in [6, 6.07) is 0. The van der Waals surface area contributed by atoms with E-state index in [9.17, 15) is 22.0 Å². The molecule has 0 N–H and O–H groups in total. The molecular weight excluding hydrogens is 191 g/mol. The fourth-order valence-corrected chi connectivity index (χ4v) is 1.45. The predicted octanol–water partition coefficient (Wildman–Crippen LogP) is 3.76. The van der Waals surface area contributed by atoms with Gasteiger partial charge in [-0.25, -0.2) is 8.78 Å². The van der Waals surface area contributed by atoms with Crippen LogP contribution in [0.15, 0.2) is 0 Å². The topological polar surface area (TPSA) is 0 Å². The van der Waals surface area contributed by atoms with Crippen molar-refractivity contribution < 1.29 is 22.0 Å². The molecule has 0 heterocycles. The molecule has 0 spiro atoms. The van der Waals surface area contributed by atoms with Crippen LogP contribution in [-0.2, 0) is 0 Å². The summed E-state index contributed by atoms with van der Waals surface area (Å²) in [6.07, 6.45) is -6.59. The molecule has 13 heavy (non-hydrogen) atoms. The van der Waals surface area contributed by atoms with Crippen LogP contribution in [-0.4, -0.2) is 12.1 Å². The van der Waals surface area contributed by atoms with E-state index in [4.69, 9.17) is 0 Å². The van der Waals surface area contributed by atoms with Gasteiger partial charge in [0.25, 0.3) is 0 Å². The van der Waals surface area contributed by atoms with Gasteiger partial charge in [-0.3, -0.25) is 0 Å². The molecule has 0 atom stereocenters. The van der Waals surface area contributed by atoms with Crippen LogP contribution < -0.4 is 0 Å². The summed E-state index contributed by atoms with van der Waals surface area (Å²) >= 11 is 0. The Morgan fingerprint density at radius 1 is 0.923 bits per heavy atom. The quantitative estimate of drug-likeness (QED) is 0.524. The first-order valence-electron chi connectivity index (χ1n) is 4.11. The Bertz CT molecular complexity index is 183. The summed E-state index contributed by atoms with van der Waals surface area (Å²) in [6.45, 7) is 1.02. The van der Waals surface area contributed by atoms with Crippen molar-refractivity contribution in [1.29, 1.82) is 0 Å². The number of rotatable bonds is 0. The van der Waals surface area contributed by atoms with Crippen LogP contribution >= 0.6 is 0 Å². The maximum Gasteiger partial charge on any atom is 0.394 e. The predicted molar refractivity (Wildman–Crippen MR) is 37.6 cm³/mol. The minimum atomic E-state index is -4.36. The normalized spacial score (nSPS) is 27.2. The molecule has 0 aliphatic heterocycles. The number of hydrogen-bond acceptors (Lipinski definition) is 0. The van der Waals surface area contributed by atoms with E-state index >= 15 is 0 Å². The smallest absolute Gasteiger partial charge is 0.207 e. The molecular formula is C8H11F5. The third kappa shape index (κ3) is 2.11. The van der Waals surface area contributed by atoms with E-state index in [0.29, 0.717) is 0 Å². The van der Waals surface area contributed by atoms with Gasteiger partial charge in [0.05, 0.1) is 5.41 Å². The molecule has 0 saturated heterocycles. The summed E-state index contributed by atoms with van der Waals surface area (Å²) in [5.41, 5.74) is -1.91. The lowest BCUT2D eigenvalue weighted by atomic mass is 9.74. The Labute approximate surface area is 73.1 Å². The zero-order chi connectivity index (χ0) is 10.3. The average Bonchev–Trinajstić information content (AvgIpc) is 1.94. The standard InChI is InChI=1S/C8H11F5/c1-6(8(11,12)13)2-4-7(9,10)5-3-6/h2-5H2,1H3. The van der Waals surface area contributed by atoms with Crippen LogP contribution in [0.3, 0.4) is 0 Å². The van der Waals surface area contributed by atoms with E-state index < -0.39 is 43.2 Å². The summed E-state index contributed by atoms with van der Waals surface area (Å²) in [5.74, 6) is -2.90. The highest BCUT2D eigenvalue weighted by molar-refractivity contribution is 4.90. The van der Waals surface area contributed by atoms with Crippen molar-refractivity contribution in [3.63, 3.8) is 0 Å². The first-order valence-corrected chi connectivity index (χ1v) is 4.11. The van der Waals surface area contributed by atoms with Crippen LogP contribution in [0.4, 0.5) is 22.0 Å². The molecule has 0 unspecified atom stereocenters. The van der Waals surface area contributed by atoms with Crippen molar-refractivity contribution in [2.24, 2.45) is 5.41 Å². The first-order chi connectivity index (χ1) is 5.66.